The van der Waals surface area contributed by atoms with Gasteiger partial charge in [0.05, 0.1) is 5.92 Å². The molecule has 22 heavy (non-hydrogen) atoms. The summed E-state index contributed by atoms with van der Waals surface area (Å²) in [5.74, 6) is -3.40. The van der Waals surface area contributed by atoms with Crippen LogP contribution in [0.2, 0.25) is 1.41 Å². The van der Waals surface area contributed by atoms with Crippen LogP contribution < -0.4 is 10.6 Å². The van der Waals surface area contributed by atoms with E-state index in [1.165, 1.54) is 0 Å². The molecule has 0 unspecified atom stereocenters. The fraction of sp³-hybridized carbons (Fsp3) is 0.533. The second-order valence-corrected chi connectivity index (χ2v) is 5.72. The molecule has 0 saturated carbocycles. The molecule has 122 valence electrons. The first-order valence-corrected chi connectivity index (χ1v) is 7.72. The van der Waals surface area contributed by atoms with Crippen LogP contribution in [0.5, 0.6) is 0 Å². The summed E-state index contributed by atoms with van der Waals surface area (Å²) < 4.78 is 7.92. The van der Waals surface area contributed by atoms with E-state index < -0.39 is 35.8 Å². The molecule has 0 saturated heterocycles. The van der Waals surface area contributed by atoms with Crippen LogP contribution in [0.4, 0.5) is 0 Å². The van der Waals surface area contributed by atoms with Crippen molar-refractivity contribution in [3.63, 3.8) is 0 Å². The molecular formula is C15H22N2O4S. The number of carbonyl (C=O) groups is 3. The Morgan fingerprint density at radius 2 is 1.95 bits per heavy atom. The highest BCUT2D eigenvalue weighted by atomic mass is 32.1. The number of hydrogen-bond donors (Lipinski definition) is 4. The molecule has 2 amide bonds. The molecule has 1 rings (SSSR count). The first kappa shape index (κ1) is 16.6. The maximum absolute atomic E-state index is 12.3. The van der Waals surface area contributed by atoms with E-state index in [2.05, 4.69) is 17.9 Å². The first-order chi connectivity index (χ1) is 10.8. The van der Waals surface area contributed by atoms with Gasteiger partial charge in [0.1, 0.15) is 12.1 Å². The van der Waals surface area contributed by atoms with Crippen molar-refractivity contribution < 1.29 is 20.9 Å². The average molecular weight is 327 g/mol. The summed E-state index contributed by atoms with van der Waals surface area (Å²) in [6.07, 6.45) is 7.70. The quantitative estimate of drug-likeness (QED) is 0.410. The van der Waals surface area contributed by atoms with E-state index >= 15 is 0 Å². The molecule has 0 radical (unpaired) electrons. The Morgan fingerprint density at radius 1 is 1.36 bits per heavy atom. The predicted octanol–water partition coefficient (Wildman–Crippen LogP) is 0.759. The van der Waals surface area contributed by atoms with Crippen molar-refractivity contribution >= 4 is 30.4 Å². The van der Waals surface area contributed by atoms with Gasteiger partial charge >= 0.3 is 5.97 Å². The van der Waals surface area contributed by atoms with Crippen LogP contribution >= 0.6 is 12.6 Å². The fourth-order valence-corrected chi connectivity index (χ4v) is 2.19. The largest absolute Gasteiger partial charge is 0.480 e. The van der Waals surface area contributed by atoms with Gasteiger partial charge in [0.2, 0.25) is 11.8 Å². The van der Waals surface area contributed by atoms with E-state index in [9.17, 15) is 14.4 Å². The summed E-state index contributed by atoms with van der Waals surface area (Å²) in [6, 6.07) is -2.24. The maximum atomic E-state index is 12.3. The van der Waals surface area contributed by atoms with Crippen LogP contribution in [0.25, 0.3) is 0 Å². The standard InChI is InChI=1S/C15H22N2O4S/c1-9(2)12(15(20)21)17-14(19)11(8-22)16-13(18)10-6-4-3-5-7-10/h4-7,9-12,22H,3,8H2,1-2H3,(H,16,18)(H,17,19)(H,20,21)/t11-,12-/m0/s1/i/hD. The molecule has 0 aromatic rings. The number of rotatable bonds is 7. The van der Waals surface area contributed by atoms with Gasteiger partial charge in [0, 0.05) is 5.75 Å². The van der Waals surface area contributed by atoms with Crippen LogP contribution in [0.15, 0.2) is 24.3 Å². The Hall–Kier alpha value is -1.76. The Labute approximate surface area is 136 Å². The van der Waals surface area contributed by atoms with E-state index in [-0.39, 0.29) is 11.7 Å². The third-order valence-corrected chi connectivity index (χ3v) is 3.58. The van der Waals surface area contributed by atoms with Crippen LogP contribution in [0, 0.1) is 11.8 Å². The van der Waals surface area contributed by atoms with Crippen molar-refractivity contribution in [1.29, 1.82) is 0 Å². The highest BCUT2D eigenvalue weighted by Crippen LogP contribution is 2.10. The molecule has 2 atom stereocenters. The Kier molecular flexibility index (Phi) is 6.51. The van der Waals surface area contributed by atoms with Crippen molar-refractivity contribution in [3.05, 3.63) is 24.3 Å². The number of carboxylic acid groups (broad SMARTS) is 1. The molecule has 0 aliphatic heterocycles. The number of allylic oxidation sites excluding steroid dienone is 2. The molecule has 0 bridgehead atoms. The molecule has 0 fully saturated rings. The molecule has 3 N–H and O–H groups in total. The van der Waals surface area contributed by atoms with E-state index in [1.54, 1.807) is 26.0 Å². The SMILES string of the molecule is [2H]N(C(=O)C1C=CCC=C1)[C@@H](CS)C(=O)N[C@H](C(=O)O)C(C)C. The van der Waals surface area contributed by atoms with E-state index in [1.807, 2.05) is 12.2 Å². The Balaban J connectivity index is 2.80. The van der Waals surface area contributed by atoms with E-state index in [0.29, 0.717) is 5.31 Å². The van der Waals surface area contributed by atoms with Gasteiger partial charge in [0.25, 0.3) is 0 Å². The fourth-order valence-electron chi connectivity index (χ4n) is 1.94. The van der Waals surface area contributed by atoms with Crippen molar-refractivity contribution in [2.45, 2.75) is 32.4 Å². The number of aliphatic carboxylic acids is 1. The van der Waals surface area contributed by atoms with Gasteiger partial charge in [0.15, 0.2) is 1.41 Å². The summed E-state index contributed by atoms with van der Waals surface area (Å²) in [4.78, 5) is 35.7. The number of hydrogen-bond acceptors (Lipinski definition) is 4. The summed E-state index contributed by atoms with van der Waals surface area (Å²) in [7, 11) is 0. The van der Waals surface area contributed by atoms with Gasteiger partial charge in [-0.3, -0.25) is 9.59 Å². The van der Waals surface area contributed by atoms with Crippen LogP contribution in [-0.4, -0.2) is 40.7 Å². The molecule has 7 heteroatoms. The smallest absolute Gasteiger partial charge is 0.326 e. The Morgan fingerprint density at radius 3 is 2.41 bits per heavy atom. The molecule has 0 aromatic carbocycles. The number of thiol groups is 1. The highest BCUT2D eigenvalue weighted by Gasteiger charge is 2.28. The average Bonchev–Trinajstić information content (AvgIpc) is 2.52. The second-order valence-electron chi connectivity index (χ2n) is 5.35. The van der Waals surface area contributed by atoms with Crippen molar-refractivity contribution in [2.24, 2.45) is 11.8 Å². The summed E-state index contributed by atoms with van der Waals surface area (Å²) in [5, 5.41) is 12.1. The summed E-state index contributed by atoms with van der Waals surface area (Å²) in [6.45, 7) is 3.33. The van der Waals surface area contributed by atoms with Gasteiger partial charge in [-0.15, -0.1) is 0 Å². The van der Waals surface area contributed by atoms with Crippen LogP contribution in [-0.2, 0) is 14.4 Å². The minimum Gasteiger partial charge on any atom is -0.480 e. The summed E-state index contributed by atoms with van der Waals surface area (Å²) >= 11 is 4.02. The third-order valence-electron chi connectivity index (χ3n) is 3.23. The summed E-state index contributed by atoms with van der Waals surface area (Å²) in [5.41, 5.74) is 0. The zero-order chi connectivity index (χ0) is 17.6. The van der Waals surface area contributed by atoms with E-state index in [0.717, 1.165) is 6.42 Å². The molecule has 0 aromatic heterocycles. The molecule has 1 aliphatic carbocycles. The lowest BCUT2D eigenvalue weighted by Gasteiger charge is -2.23. The lowest BCUT2D eigenvalue weighted by atomic mass is 10.0. The lowest BCUT2D eigenvalue weighted by Crippen LogP contribution is -2.54. The molecular weight excluding hydrogens is 304 g/mol. The van der Waals surface area contributed by atoms with Gasteiger partial charge < -0.3 is 15.7 Å². The minimum absolute atomic E-state index is 0.0777. The number of carbonyl (C=O) groups excluding carboxylic acids is 2. The van der Waals surface area contributed by atoms with Crippen LogP contribution in [0.1, 0.15) is 20.3 Å². The normalized spacial score (nSPS) is 17.7. The number of amides is 2. The number of nitrogens with one attached hydrogen (secondary N) is 2. The van der Waals surface area contributed by atoms with Crippen molar-refractivity contribution in [2.75, 3.05) is 5.75 Å². The van der Waals surface area contributed by atoms with Gasteiger partial charge in [-0.25, -0.2) is 4.79 Å². The predicted molar refractivity (Wildman–Crippen MR) is 86.6 cm³/mol. The van der Waals surface area contributed by atoms with Gasteiger partial charge in [-0.2, -0.15) is 12.6 Å². The lowest BCUT2D eigenvalue weighted by molar-refractivity contribution is -0.143. The monoisotopic (exact) mass is 327 g/mol. The van der Waals surface area contributed by atoms with E-state index in [4.69, 9.17) is 6.52 Å². The molecule has 0 heterocycles. The maximum Gasteiger partial charge on any atom is 0.326 e. The van der Waals surface area contributed by atoms with Gasteiger partial charge in [-0.1, -0.05) is 38.2 Å². The van der Waals surface area contributed by atoms with Gasteiger partial charge in [-0.05, 0) is 12.3 Å². The zero-order valence-corrected chi connectivity index (χ0v) is 13.5. The second kappa shape index (κ2) is 8.63. The number of carboxylic acids is 1. The molecule has 6 nitrogen and oxygen atoms in total. The third kappa shape index (κ3) is 5.22. The topological polar surface area (TPSA) is 95.5 Å². The molecule has 0 spiro atoms. The highest BCUT2D eigenvalue weighted by molar-refractivity contribution is 7.80. The van der Waals surface area contributed by atoms with Crippen LogP contribution in [0.3, 0.4) is 0 Å². The minimum atomic E-state index is -1.16. The van der Waals surface area contributed by atoms with Crippen molar-refractivity contribution in [3.8, 4) is 0 Å². The zero-order valence-electron chi connectivity index (χ0n) is 13.6. The molecule has 1 aliphatic rings. The van der Waals surface area contributed by atoms with Crippen molar-refractivity contribution in [1.82, 2.24) is 10.6 Å². The Bertz CT molecular complexity index is 510. The first-order valence-electron chi connectivity index (χ1n) is 7.53.